The fourth-order valence-electron chi connectivity index (χ4n) is 1.91. The van der Waals surface area contributed by atoms with E-state index in [1.54, 1.807) is 12.3 Å². The highest BCUT2D eigenvalue weighted by molar-refractivity contribution is 9.10. The van der Waals surface area contributed by atoms with Gasteiger partial charge in [0, 0.05) is 18.3 Å². The summed E-state index contributed by atoms with van der Waals surface area (Å²) in [6.07, 6.45) is 4.29. The van der Waals surface area contributed by atoms with E-state index in [0.717, 1.165) is 17.7 Å². The number of hydrogen-bond acceptors (Lipinski definition) is 4. The summed E-state index contributed by atoms with van der Waals surface area (Å²) >= 11 is 3.33. The molecular weight excluding hydrogens is 310 g/mol. The summed E-state index contributed by atoms with van der Waals surface area (Å²) in [6, 6.07) is 5.57. The first-order valence-corrected chi connectivity index (χ1v) is 6.58. The van der Waals surface area contributed by atoms with Gasteiger partial charge in [-0.1, -0.05) is 0 Å². The second-order valence-corrected chi connectivity index (χ2v) is 5.00. The number of rotatable bonds is 2. The van der Waals surface area contributed by atoms with Crippen molar-refractivity contribution < 1.29 is 9.53 Å². The van der Waals surface area contributed by atoms with Gasteiger partial charge < -0.3 is 10.1 Å². The summed E-state index contributed by atoms with van der Waals surface area (Å²) in [5.41, 5.74) is 1.92. The van der Waals surface area contributed by atoms with Crippen LogP contribution in [0.2, 0.25) is 0 Å². The molecule has 1 aliphatic heterocycles. The molecule has 2 heterocycles. The van der Waals surface area contributed by atoms with E-state index in [-0.39, 0.29) is 5.91 Å². The Kier molecular flexibility index (Phi) is 3.16. The Morgan fingerprint density at radius 3 is 3.05 bits per heavy atom. The van der Waals surface area contributed by atoms with E-state index in [0.29, 0.717) is 22.5 Å². The molecule has 3 rings (SSSR count). The van der Waals surface area contributed by atoms with Gasteiger partial charge in [0.2, 0.25) is 11.8 Å². The number of nitrogens with one attached hydrogen (secondary N) is 1. The van der Waals surface area contributed by atoms with Crippen molar-refractivity contribution in [2.24, 2.45) is 0 Å². The normalized spacial score (nSPS) is 13.6. The van der Waals surface area contributed by atoms with Crippen molar-refractivity contribution in [1.29, 1.82) is 0 Å². The van der Waals surface area contributed by atoms with Crippen molar-refractivity contribution in [3.8, 4) is 11.6 Å². The van der Waals surface area contributed by atoms with Crippen molar-refractivity contribution >= 4 is 27.5 Å². The third-order valence-electron chi connectivity index (χ3n) is 2.82. The molecule has 0 fully saturated rings. The van der Waals surface area contributed by atoms with Crippen molar-refractivity contribution in [2.75, 3.05) is 5.32 Å². The number of hydrogen-bond donors (Lipinski definition) is 1. The van der Waals surface area contributed by atoms with Crippen LogP contribution in [0.1, 0.15) is 12.0 Å². The number of ether oxygens (including phenoxy) is 1. The number of anilines is 1. The van der Waals surface area contributed by atoms with Crippen LogP contribution in [0.15, 0.2) is 35.2 Å². The van der Waals surface area contributed by atoms with E-state index < -0.39 is 0 Å². The van der Waals surface area contributed by atoms with E-state index in [9.17, 15) is 4.79 Å². The lowest BCUT2D eigenvalue weighted by Crippen LogP contribution is -2.18. The lowest BCUT2D eigenvalue weighted by atomic mass is 10.0. The Labute approximate surface area is 118 Å². The van der Waals surface area contributed by atoms with Gasteiger partial charge in [0.1, 0.15) is 12.1 Å². The van der Waals surface area contributed by atoms with Gasteiger partial charge >= 0.3 is 0 Å². The van der Waals surface area contributed by atoms with Crippen molar-refractivity contribution in [2.45, 2.75) is 12.8 Å². The summed E-state index contributed by atoms with van der Waals surface area (Å²) in [7, 11) is 0. The second-order valence-electron chi connectivity index (χ2n) is 4.15. The number of carbonyl (C=O) groups excluding carboxylic acids is 1. The van der Waals surface area contributed by atoms with Gasteiger partial charge in [-0.05, 0) is 46.1 Å². The molecule has 0 atom stereocenters. The summed E-state index contributed by atoms with van der Waals surface area (Å²) in [5.74, 6) is 1.21. The summed E-state index contributed by atoms with van der Waals surface area (Å²) in [5, 5.41) is 2.83. The number of amides is 1. The molecule has 0 aliphatic carbocycles. The van der Waals surface area contributed by atoms with Gasteiger partial charge in [-0.3, -0.25) is 4.79 Å². The molecule has 1 amide bonds. The zero-order valence-electron chi connectivity index (χ0n) is 9.89. The minimum absolute atomic E-state index is 0.0553. The first-order valence-electron chi connectivity index (χ1n) is 5.78. The highest BCUT2D eigenvalue weighted by atomic mass is 79.9. The SMILES string of the molecule is O=C1CCc2cc(Oc3ncncc3Br)ccc2N1. The van der Waals surface area contributed by atoms with Crippen LogP contribution >= 0.6 is 15.9 Å². The molecule has 2 aromatic rings. The van der Waals surface area contributed by atoms with Crippen LogP contribution in [0.3, 0.4) is 0 Å². The second kappa shape index (κ2) is 4.97. The smallest absolute Gasteiger partial charge is 0.236 e. The average molecular weight is 320 g/mol. The van der Waals surface area contributed by atoms with Crippen molar-refractivity contribution in [3.05, 3.63) is 40.8 Å². The lowest BCUT2D eigenvalue weighted by molar-refractivity contribution is -0.116. The predicted octanol–water partition coefficient (Wildman–Crippen LogP) is 2.92. The fourth-order valence-corrected chi connectivity index (χ4v) is 2.21. The third-order valence-corrected chi connectivity index (χ3v) is 3.36. The van der Waals surface area contributed by atoms with E-state index in [4.69, 9.17) is 4.74 Å². The van der Waals surface area contributed by atoms with E-state index >= 15 is 0 Å². The topological polar surface area (TPSA) is 64.1 Å². The zero-order chi connectivity index (χ0) is 13.2. The van der Waals surface area contributed by atoms with Crippen molar-refractivity contribution in [1.82, 2.24) is 9.97 Å². The molecule has 1 aromatic heterocycles. The van der Waals surface area contributed by atoms with Crippen LogP contribution in [0.5, 0.6) is 11.6 Å². The van der Waals surface area contributed by atoms with E-state index in [1.807, 2.05) is 12.1 Å². The van der Waals surface area contributed by atoms with Gasteiger partial charge in [0.15, 0.2) is 0 Å². The van der Waals surface area contributed by atoms with Crippen LogP contribution in [-0.2, 0) is 11.2 Å². The number of nitrogens with zero attached hydrogens (tertiary/aromatic N) is 2. The zero-order valence-corrected chi connectivity index (χ0v) is 11.5. The summed E-state index contributed by atoms with van der Waals surface area (Å²) < 4.78 is 6.39. The molecule has 6 heteroatoms. The molecular formula is C13H10BrN3O2. The van der Waals surface area contributed by atoms with Gasteiger partial charge in [0.05, 0.1) is 4.47 Å². The third kappa shape index (κ3) is 2.58. The molecule has 0 bridgehead atoms. The number of aromatic nitrogens is 2. The van der Waals surface area contributed by atoms with Gasteiger partial charge in [-0.15, -0.1) is 0 Å². The highest BCUT2D eigenvalue weighted by Crippen LogP contribution is 2.31. The monoisotopic (exact) mass is 319 g/mol. The van der Waals surface area contributed by atoms with Gasteiger partial charge in [-0.25, -0.2) is 9.97 Å². The van der Waals surface area contributed by atoms with Crippen LogP contribution in [0.25, 0.3) is 0 Å². The lowest BCUT2D eigenvalue weighted by Gasteiger charge is -2.17. The molecule has 0 saturated carbocycles. The van der Waals surface area contributed by atoms with Crippen molar-refractivity contribution in [3.63, 3.8) is 0 Å². The Morgan fingerprint density at radius 1 is 1.32 bits per heavy atom. The number of carbonyl (C=O) groups is 1. The average Bonchev–Trinajstić information content (AvgIpc) is 2.41. The number of halogens is 1. The Morgan fingerprint density at radius 2 is 2.21 bits per heavy atom. The first kappa shape index (κ1) is 12.1. The molecule has 19 heavy (non-hydrogen) atoms. The summed E-state index contributed by atoms with van der Waals surface area (Å²) in [6.45, 7) is 0. The Balaban J connectivity index is 1.87. The minimum atomic E-state index is 0.0553. The summed E-state index contributed by atoms with van der Waals surface area (Å²) in [4.78, 5) is 19.2. The molecule has 0 unspecified atom stereocenters. The Hall–Kier alpha value is -1.95. The van der Waals surface area contributed by atoms with Gasteiger partial charge in [0.25, 0.3) is 0 Å². The first-order chi connectivity index (χ1) is 9.22. The van der Waals surface area contributed by atoms with Gasteiger partial charge in [-0.2, -0.15) is 0 Å². The van der Waals surface area contributed by atoms with Crippen LogP contribution < -0.4 is 10.1 Å². The van der Waals surface area contributed by atoms with Crippen LogP contribution in [-0.4, -0.2) is 15.9 Å². The molecule has 1 aromatic carbocycles. The number of fused-ring (bicyclic) bond motifs is 1. The standard InChI is InChI=1S/C13H10BrN3O2/c14-10-6-15-7-16-13(10)19-9-2-3-11-8(5-9)1-4-12(18)17-11/h2-3,5-7H,1,4H2,(H,17,18). The number of aryl methyl sites for hydroxylation is 1. The minimum Gasteiger partial charge on any atom is -0.438 e. The maximum Gasteiger partial charge on any atom is 0.236 e. The Bertz CT molecular complexity index is 646. The molecule has 0 saturated heterocycles. The van der Waals surface area contributed by atoms with Crippen LogP contribution in [0.4, 0.5) is 5.69 Å². The van der Waals surface area contributed by atoms with Crippen LogP contribution in [0, 0.1) is 0 Å². The fraction of sp³-hybridized carbons (Fsp3) is 0.154. The maximum atomic E-state index is 11.3. The molecule has 5 nitrogen and oxygen atoms in total. The maximum absolute atomic E-state index is 11.3. The van der Waals surface area contributed by atoms with E-state index in [1.165, 1.54) is 6.33 Å². The molecule has 96 valence electrons. The molecule has 0 radical (unpaired) electrons. The predicted molar refractivity (Wildman–Crippen MR) is 73.2 cm³/mol. The molecule has 1 aliphatic rings. The number of benzene rings is 1. The van der Waals surface area contributed by atoms with E-state index in [2.05, 4.69) is 31.2 Å². The largest absolute Gasteiger partial charge is 0.438 e. The molecule has 1 N–H and O–H groups in total. The highest BCUT2D eigenvalue weighted by Gasteiger charge is 2.15. The quantitative estimate of drug-likeness (QED) is 0.924. The molecule has 0 spiro atoms.